The van der Waals surface area contributed by atoms with Crippen molar-refractivity contribution in [3.8, 4) is 0 Å². The molecular formula is C6H12ClN. The summed E-state index contributed by atoms with van der Waals surface area (Å²) < 4.78 is 0. The fourth-order valence-electron chi connectivity index (χ4n) is 0.923. The lowest BCUT2D eigenvalue weighted by atomic mass is 9.81. The van der Waals surface area contributed by atoms with Gasteiger partial charge in [-0.25, -0.2) is 0 Å². The predicted octanol–water partition coefficient (Wildman–Crippen LogP) is 1.33. The van der Waals surface area contributed by atoms with Crippen LogP contribution in [-0.4, -0.2) is 6.54 Å². The Morgan fingerprint density at radius 3 is 2.25 bits per heavy atom. The fraction of sp³-hybridized carbons (Fsp3) is 0.667. The minimum absolute atomic E-state index is 0. The van der Waals surface area contributed by atoms with Crippen LogP contribution in [0.4, 0.5) is 0 Å². The van der Waals surface area contributed by atoms with E-state index in [1.165, 1.54) is 18.4 Å². The maximum absolute atomic E-state index is 5.35. The van der Waals surface area contributed by atoms with E-state index in [0.717, 1.165) is 12.5 Å². The molecule has 0 atom stereocenters. The van der Waals surface area contributed by atoms with Gasteiger partial charge in [0.15, 0.2) is 0 Å². The van der Waals surface area contributed by atoms with Crippen LogP contribution < -0.4 is 5.73 Å². The molecule has 1 nitrogen and oxygen atoms in total. The van der Waals surface area contributed by atoms with E-state index < -0.39 is 0 Å². The molecular weight excluding hydrogens is 122 g/mol. The Hall–Kier alpha value is -0.0100. The Balaban J connectivity index is 0.000000490. The second-order valence-electron chi connectivity index (χ2n) is 2.26. The zero-order chi connectivity index (χ0) is 5.28. The van der Waals surface area contributed by atoms with Crippen molar-refractivity contribution in [2.75, 3.05) is 6.54 Å². The highest BCUT2D eigenvalue weighted by molar-refractivity contribution is 5.85. The van der Waals surface area contributed by atoms with Crippen molar-refractivity contribution in [3.05, 3.63) is 12.2 Å². The number of rotatable bonds is 1. The molecule has 0 aliphatic heterocycles. The molecule has 1 saturated carbocycles. The number of halogens is 1. The van der Waals surface area contributed by atoms with Gasteiger partial charge in [0.25, 0.3) is 0 Å². The Morgan fingerprint density at radius 1 is 1.62 bits per heavy atom. The number of hydrogen-bond donors (Lipinski definition) is 1. The van der Waals surface area contributed by atoms with E-state index >= 15 is 0 Å². The van der Waals surface area contributed by atoms with E-state index in [2.05, 4.69) is 6.58 Å². The van der Waals surface area contributed by atoms with Crippen LogP contribution in [0.25, 0.3) is 0 Å². The summed E-state index contributed by atoms with van der Waals surface area (Å²) >= 11 is 0. The third-order valence-electron chi connectivity index (χ3n) is 1.49. The molecule has 2 heteroatoms. The average molecular weight is 134 g/mol. The topological polar surface area (TPSA) is 26.0 Å². The largest absolute Gasteiger partial charge is 0.330 e. The molecule has 2 N–H and O–H groups in total. The molecule has 0 amide bonds. The van der Waals surface area contributed by atoms with Gasteiger partial charge in [0.1, 0.15) is 0 Å². The first-order chi connectivity index (χ1) is 3.33. The highest BCUT2D eigenvalue weighted by atomic mass is 35.5. The minimum Gasteiger partial charge on any atom is -0.330 e. The van der Waals surface area contributed by atoms with E-state index in [1.807, 2.05) is 0 Å². The molecule has 0 aromatic carbocycles. The molecule has 1 aliphatic carbocycles. The Kier molecular flexibility index (Phi) is 3.10. The van der Waals surface area contributed by atoms with Crippen molar-refractivity contribution in [3.63, 3.8) is 0 Å². The highest BCUT2D eigenvalue weighted by Crippen LogP contribution is 2.29. The summed E-state index contributed by atoms with van der Waals surface area (Å²) in [6, 6.07) is 0. The van der Waals surface area contributed by atoms with Crippen molar-refractivity contribution < 1.29 is 0 Å². The van der Waals surface area contributed by atoms with E-state index in [9.17, 15) is 0 Å². The van der Waals surface area contributed by atoms with E-state index in [0.29, 0.717) is 0 Å². The summed E-state index contributed by atoms with van der Waals surface area (Å²) in [7, 11) is 0. The van der Waals surface area contributed by atoms with Crippen LogP contribution in [-0.2, 0) is 0 Å². The Morgan fingerprint density at radius 2 is 2.12 bits per heavy atom. The molecule has 0 spiro atoms. The summed E-state index contributed by atoms with van der Waals surface area (Å²) in [5.74, 6) is 0.771. The monoisotopic (exact) mass is 133 g/mol. The first-order valence-electron chi connectivity index (χ1n) is 2.69. The van der Waals surface area contributed by atoms with Crippen LogP contribution >= 0.6 is 12.4 Å². The first-order valence-corrected chi connectivity index (χ1v) is 2.69. The van der Waals surface area contributed by atoms with E-state index in [4.69, 9.17) is 5.73 Å². The molecule has 1 aliphatic rings. The molecule has 0 aromatic rings. The van der Waals surface area contributed by atoms with Crippen molar-refractivity contribution in [2.45, 2.75) is 12.8 Å². The third kappa shape index (κ3) is 1.49. The van der Waals surface area contributed by atoms with Gasteiger partial charge >= 0.3 is 0 Å². The molecule has 48 valence electrons. The standard InChI is InChI=1S/C6H11N.ClH/c1-5-2-6(3-5)4-7;/h6H,1-4,7H2;1H. The maximum atomic E-state index is 5.35. The lowest BCUT2D eigenvalue weighted by molar-refractivity contribution is 0.431. The molecule has 0 aromatic heterocycles. The average Bonchev–Trinajstić information content (AvgIpc) is 1.58. The number of hydrogen-bond acceptors (Lipinski definition) is 1. The molecule has 0 radical (unpaired) electrons. The maximum Gasteiger partial charge on any atom is -0.00427 e. The van der Waals surface area contributed by atoms with Crippen LogP contribution in [0.3, 0.4) is 0 Å². The van der Waals surface area contributed by atoms with Crippen molar-refractivity contribution in [1.29, 1.82) is 0 Å². The summed E-state index contributed by atoms with van der Waals surface area (Å²) in [5, 5.41) is 0. The van der Waals surface area contributed by atoms with E-state index in [1.54, 1.807) is 0 Å². The van der Waals surface area contributed by atoms with Gasteiger partial charge in [-0.1, -0.05) is 12.2 Å². The molecule has 0 heterocycles. The Labute approximate surface area is 56.4 Å². The quantitative estimate of drug-likeness (QED) is 0.537. The zero-order valence-electron chi connectivity index (χ0n) is 4.89. The van der Waals surface area contributed by atoms with Crippen LogP contribution in [0.1, 0.15) is 12.8 Å². The molecule has 1 fully saturated rings. The summed E-state index contributed by atoms with van der Waals surface area (Å²) in [5.41, 5.74) is 6.73. The SMILES string of the molecule is C=C1CC(CN)C1.Cl. The Bertz CT molecular complexity index is 82.5. The smallest absolute Gasteiger partial charge is 0.00427 e. The van der Waals surface area contributed by atoms with E-state index in [-0.39, 0.29) is 12.4 Å². The molecule has 0 bridgehead atoms. The van der Waals surface area contributed by atoms with Crippen LogP contribution in [0.2, 0.25) is 0 Å². The van der Waals surface area contributed by atoms with Gasteiger partial charge in [-0.3, -0.25) is 0 Å². The van der Waals surface area contributed by atoms with Crippen molar-refractivity contribution in [2.24, 2.45) is 11.7 Å². The van der Waals surface area contributed by atoms with Gasteiger partial charge in [-0.15, -0.1) is 12.4 Å². The lowest BCUT2D eigenvalue weighted by Gasteiger charge is -2.26. The van der Waals surface area contributed by atoms with Crippen molar-refractivity contribution >= 4 is 12.4 Å². The highest BCUT2D eigenvalue weighted by Gasteiger charge is 2.18. The van der Waals surface area contributed by atoms with Crippen LogP contribution in [0.15, 0.2) is 12.2 Å². The third-order valence-corrected chi connectivity index (χ3v) is 1.49. The summed E-state index contributed by atoms with van der Waals surface area (Å²) in [4.78, 5) is 0. The van der Waals surface area contributed by atoms with Gasteiger partial charge in [0, 0.05) is 0 Å². The van der Waals surface area contributed by atoms with Gasteiger partial charge in [0.05, 0.1) is 0 Å². The summed E-state index contributed by atoms with van der Waals surface area (Å²) in [6.45, 7) is 4.65. The van der Waals surface area contributed by atoms with Gasteiger partial charge < -0.3 is 5.73 Å². The number of nitrogens with two attached hydrogens (primary N) is 1. The number of allylic oxidation sites excluding steroid dienone is 1. The normalized spacial score (nSPS) is 19.4. The van der Waals surface area contributed by atoms with Gasteiger partial charge in [-0.2, -0.15) is 0 Å². The zero-order valence-corrected chi connectivity index (χ0v) is 5.71. The minimum atomic E-state index is 0. The lowest BCUT2D eigenvalue weighted by Crippen LogP contribution is -2.22. The molecule has 8 heavy (non-hydrogen) atoms. The second-order valence-corrected chi connectivity index (χ2v) is 2.26. The predicted molar refractivity (Wildman–Crippen MR) is 38.2 cm³/mol. The first kappa shape index (κ1) is 7.99. The molecule has 0 unspecified atom stereocenters. The second kappa shape index (κ2) is 3.10. The van der Waals surface area contributed by atoms with Crippen LogP contribution in [0.5, 0.6) is 0 Å². The van der Waals surface area contributed by atoms with Gasteiger partial charge in [-0.05, 0) is 25.3 Å². The summed E-state index contributed by atoms with van der Waals surface area (Å²) in [6.07, 6.45) is 2.35. The van der Waals surface area contributed by atoms with Crippen molar-refractivity contribution in [1.82, 2.24) is 0 Å². The van der Waals surface area contributed by atoms with Crippen LogP contribution in [0, 0.1) is 5.92 Å². The molecule has 1 rings (SSSR count). The fourth-order valence-corrected chi connectivity index (χ4v) is 0.923. The van der Waals surface area contributed by atoms with Gasteiger partial charge in [0.2, 0.25) is 0 Å². The molecule has 0 saturated heterocycles.